The van der Waals surface area contributed by atoms with E-state index in [1.54, 1.807) is 0 Å². The lowest BCUT2D eigenvalue weighted by atomic mass is 10.2. The Labute approximate surface area is 113 Å². The highest BCUT2D eigenvalue weighted by Gasteiger charge is 2.07. The smallest absolute Gasteiger partial charge is 0.328 e. The highest BCUT2D eigenvalue weighted by molar-refractivity contribution is 6.30. The van der Waals surface area contributed by atoms with Gasteiger partial charge in [-0.05, 0) is 17.7 Å². The summed E-state index contributed by atoms with van der Waals surface area (Å²) in [5, 5.41) is 3.85. The first-order valence-corrected chi connectivity index (χ1v) is 5.80. The van der Waals surface area contributed by atoms with Gasteiger partial charge in [-0.2, -0.15) is 5.10 Å². The molecule has 5 nitrogen and oxygen atoms in total. The minimum atomic E-state index is -0.510. The molecule has 0 aliphatic heterocycles. The van der Waals surface area contributed by atoms with E-state index in [0.717, 1.165) is 0 Å². The summed E-state index contributed by atoms with van der Waals surface area (Å²) < 4.78 is 19.3. The Kier molecular flexibility index (Phi) is 4.01. The molecule has 2 rings (SSSR count). The van der Waals surface area contributed by atoms with E-state index in [9.17, 15) is 9.18 Å². The van der Waals surface area contributed by atoms with Crippen LogP contribution in [0.2, 0.25) is 5.02 Å². The number of hydrogen-bond acceptors (Lipinski definition) is 4. The molecule has 0 bridgehead atoms. The Morgan fingerprint density at radius 3 is 2.95 bits per heavy atom. The minimum absolute atomic E-state index is 0.00611. The van der Waals surface area contributed by atoms with Crippen LogP contribution in [0.15, 0.2) is 30.6 Å². The van der Waals surface area contributed by atoms with Crippen molar-refractivity contribution in [1.82, 2.24) is 9.78 Å². The fourth-order valence-corrected chi connectivity index (χ4v) is 1.64. The second-order valence-electron chi connectivity index (χ2n) is 3.88. The Bertz CT molecular complexity index is 600. The van der Waals surface area contributed by atoms with Gasteiger partial charge in [-0.25, -0.2) is 4.39 Å². The molecule has 0 aliphatic rings. The number of halogens is 2. The van der Waals surface area contributed by atoms with Crippen LogP contribution in [0.4, 0.5) is 10.1 Å². The van der Waals surface area contributed by atoms with E-state index in [0.29, 0.717) is 11.3 Å². The monoisotopic (exact) mass is 283 g/mol. The van der Waals surface area contributed by atoms with Gasteiger partial charge >= 0.3 is 5.97 Å². The Morgan fingerprint density at radius 2 is 2.32 bits per heavy atom. The zero-order valence-corrected chi connectivity index (χ0v) is 10.6. The van der Waals surface area contributed by atoms with Crippen LogP contribution in [0.25, 0.3) is 0 Å². The second kappa shape index (κ2) is 5.71. The van der Waals surface area contributed by atoms with Crippen LogP contribution < -0.4 is 5.73 Å². The maximum atomic E-state index is 12.9. The number of nitrogens with two attached hydrogens (primary N) is 1. The Balaban J connectivity index is 1.88. The van der Waals surface area contributed by atoms with Crippen LogP contribution in [0.1, 0.15) is 5.56 Å². The summed E-state index contributed by atoms with van der Waals surface area (Å²) >= 11 is 5.62. The van der Waals surface area contributed by atoms with Gasteiger partial charge in [0, 0.05) is 6.20 Å². The number of nitrogens with zero attached hydrogens (tertiary/aromatic N) is 2. The summed E-state index contributed by atoms with van der Waals surface area (Å²) in [5.74, 6) is -0.979. The Morgan fingerprint density at radius 1 is 1.53 bits per heavy atom. The van der Waals surface area contributed by atoms with E-state index in [1.807, 2.05) is 0 Å². The van der Waals surface area contributed by atoms with Crippen LogP contribution in [-0.2, 0) is 22.7 Å². The zero-order chi connectivity index (χ0) is 13.8. The van der Waals surface area contributed by atoms with Crippen LogP contribution in [-0.4, -0.2) is 15.7 Å². The summed E-state index contributed by atoms with van der Waals surface area (Å²) in [6.07, 6.45) is 2.96. The van der Waals surface area contributed by atoms with Crippen molar-refractivity contribution in [2.75, 3.05) is 5.73 Å². The molecule has 0 aliphatic carbocycles. The molecule has 0 spiro atoms. The third-order valence-electron chi connectivity index (χ3n) is 2.33. The topological polar surface area (TPSA) is 70.1 Å². The van der Waals surface area contributed by atoms with Gasteiger partial charge in [0.1, 0.15) is 19.0 Å². The standard InChI is InChI=1S/C12H11ClFN3O2/c13-10-3-8(1-2-11(10)14)7-19-12(18)6-17-5-9(15)4-16-17/h1-5H,6-7,15H2. The highest BCUT2D eigenvalue weighted by Crippen LogP contribution is 2.16. The molecule has 0 radical (unpaired) electrons. The molecule has 0 saturated heterocycles. The van der Waals surface area contributed by atoms with E-state index in [1.165, 1.54) is 35.3 Å². The SMILES string of the molecule is Nc1cnn(CC(=O)OCc2ccc(F)c(Cl)c2)c1. The van der Waals surface area contributed by atoms with Crippen molar-refractivity contribution in [3.8, 4) is 0 Å². The van der Waals surface area contributed by atoms with Gasteiger partial charge in [0.05, 0.1) is 16.9 Å². The molecule has 0 atom stereocenters. The first-order valence-electron chi connectivity index (χ1n) is 5.42. The van der Waals surface area contributed by atoms with Crippen LogP contribution in [0.3, 0.4) is 0 Å². The van der Waals surface area contributed by atoms with Crippen LogP contribution >= 0.6 is 11.6 Å². The fraction of sp³-hybridized carbons (Fsp3) is 0.167. The van der Waals surface area contributed by atoms with Crippen molar-refractivity contribution in [2.24, 2.45) is 0 Å². The van der Waals surface area contributed by atoms with Gasteiger partial charge in [0.15, 0.2) is 0 Å². The summed E-state index contributed by atoms with van der Waals surface area (Å²) in [4.78, 5) is 11.5. The number of esters is 1. The van der Waals surface area contributed by atoms with Gasteiger partial charge in [-0.15, -0.1) is 0 Å². The number of ether oxygens (including phenoxy) is 1. The van der Waals surface area contributed by atoms with E-state index >= 15 is 0 Å². The average molecular weight is 284 g/mol. The van der Waals surface area contributed by atoms with Crippen molar-refractivity contribution in [3.63, 3.8) is 0 Å². The molecule has 0 fully saturated rings. The third-order valence-corrected chi connectivity index (χ3v) is 2.62. The molecule has 0 unspecified atom stereocenters. The zero-order valence-electron chi connectivity index (χ0n) is 9.85. The number of benzene rings is 1. The highest BCUT2D eigenvalue weighted by atomic mass is 35.5. The van der Waals surface area contributed by atoms with E-state index in [-0.39, 0.29) is 18.2 Å². The van der Waals surface area contributed by atoms with Gasteiger partial charge < -0.3 is 10.5 Å². The third kappa shape index (κ3) is 3.69. The molecule has 100 valence electrons. The summed E-state index contributed by atoms with van der Waals surface area (Å²) in [7, 11) is 0. The number of hydrogen-bond donors (Lipinski definition) is 1. The predicted octanol–water partition coefficient (Wildman–Crippen LogP) is 2.00. The number of rotatable bonds is 4. The normalized spacial score (nSPS) is 10.4. The first kappa shape index (κ1) is 13.4. The number of anilines is 1. The first-order chi connectivity index (χ1) is 9.04. The molecule has 1 aromatic heterocycles. The Hall–Kier alpha value is -2.08. The van der Waals surface area contributed by atoms with Crippen LogP contribution in [0, 0.1) is 5.82 Å². The van der Waals surface area contributed by atoms with E-state index in [2.05, 4.69) is 5.10 Å². The molecule has 2 aromatic rings. The average Bonchev–Trinajstić information content (AvgIpc) is 2.76. The molecule has 1 heterocycles. The molecule has 2 N–H and O–H groups in total. The number of nitrogen functional groups attached to an aromatic ring is 1. The lowest BCUT2D eigenvalue weighted by Gasteiger charge is -2.05. The molecule has 7 heteroatoms. The van der Waals surface area contributed by atoms with Crippen molar-refractivity contribution in [1.29, 1.82) is 0 Å². The van der Waals surface area contributed by atoms with Gasteiger partial charge in [0.2, 0.25) is 0 Å². The number of carbonyl (C=O) groups is 1. The summed E-state index contributed by atoms with van der Waals surface area (Å²) in [5.41, 5.74) is 6.55. The molecular weight excluding hydrogens is 273 g/mol. The number of carbonyl (C=O) groups excluding carboxylic acids is 1. The maximum absolute atomic E-state index is 12.9. The quantitative estimate of drug-likeness (QED) is 0.871. The summed E-state index contributed by atoms with van der Waals surface area (Å²) in [6, 6.07) is 4.14. The van der Waals surface area contributed by atoms with Crippen molar-refractivity contribution in [3.05, 3.63) is 47.0 Å². The van der Waals surface area contributed by atoms with Gasteiger partial charge in [-0.3, -0.25) is 9.48 Å². The van der Waals surface area contributed by atoms with Gasteiger partial charge in [0.25, 0.3) is 0 Å². The lowest BCUT2D eigenvalue weighted by molar-refractivity contribution is -0.145. The van der Waals surface area contributed by atoms with Gasteiger partial charge in [-0.1, -0.05) is 17.7 Å². The van der Waals surface area contributed by atoms with Crippen LogP contribution in [0.5, 0.6) is 0 Å². The predicted molar refractivity (Wildman–Crippen MR) is 67.8 cm³/mol. The van der Waals surface area contributed by atoms with E-state index < -0.39 is 11.8 Å². The molecule has 0 saturated carbocycles. The largest absolute Gasteiger partial charge is 0.459 e. The fourth-order valence-electron chi connectivity index (χ4n) is 1.44. The lowest BCUT2D eigenvalue weighted by Crippen LogP contribution is -2.13. The number of aromatic nitrogens is 2. The van der Waals surface area contributed by atoms with Crippen molar-refractivity contribution in [2.45, 2.75) is 13.2 Å². The molecule has 19 heavy (non-hydrogen) atoms. The maximum Gasteiger partial charge on any atom is 0.328 e. The second-order valence-corrected chi connectivity index (χ2v) is 4.29. The molecule has 1 aromatic carbocycles. The van der Waals surface area contributed by atoms with E-state index in [4.69, 9.17) is 22.1 Å². The minimum Gasteiger partial charge on any atom is -0.459 e. The van der Waals surface area contributed by atoms with Crippen molar-refractivity contribution >= 4 is 23.3 Å². The molecular formula is C12H11ClFN3O2. The van der Waals surface area contributed by atoms with Crippen molar-refractivity contribution < 1.29 is 13.9 Å². The summed E-state index contributed by atoms with van der Waals surface area (Å²) in [6.45, 7) is -0.0122. The molecule has 0 amide bonds.